The Kier molecular flexibility index (Phi) is 5.20. The third-order valence-corrected chi connectivity index (χ3v) is 8.57. The number of nitrogens with zero attached hydrogens (tertiary/aromatic N) is 2. The first kappa shape index (κ1) is 23.9. The molecule has 0 aliphatic carbocycles. The van der Waals surface area contributed by atoms with Crippen molar-refractivity contribution in [3.05, 3.63) is 146 Å². The molecule has 0 aliphatic heterocycles. The maximum atomic E-state index is 6.26. The highest BCUT2D eigenvalue weighted by Gasteiger charge is 2.15. The van der Waals surface area contributed by atoms with E-state index >= 15 is 0 Å². The summed E-state index contributed by atoms with van der Waals surface area (Å²) in [5, 5.41) is 6.85. The second-order valence-electron chi connectivity index (χ2n) is 11.0. The monoisotopic (exact) mass is 548 g/mol. The molecule has 200 valence electrons. The molecule has 2 heterocycles. The summed E-state index contributed by atoms with van der Waals surface area (Å²) >= 11 is 0. The Balaban J connectivity index is 1.24. The lowest BCUT2D eigenvalue weighted by molar-refractivity contribution is 0.669. The Morgan fingerprint density at radius 2 is 0.860 bits per heavy atom. The fourth-order valence-electron chi connectivity index (χ4n) is 6.54. The minimum Gasteiger partial charge on any atom is -0.456 e. The van der Waals surface area contributed by atoms with Gasteiger partial charge in [-0.15, -0.1) is 0 Å². The molecule has 0 saturated carbocycles. The van der Waals surface area contributed by atoms with Crippen LogP contribution in [0.5, 0.6) is 0 Å². The van der Waals surface area contributed by atoms with Gasteiger partial charge in [-0.25, -0.2) is 0 Å². The molecule has 3 heteroatoms. The van der Waals surface area contributed by atoms with Gasteiger partial charge in [-0.1, -0.05) is 103 Å². The van der Waals surface area contributed by atoms with Gasteiger partial charge in [-0.05, 0) is 74.5 Å². The average molecular weight is 549 g/mol. The largest absolute Gasteiger partial charge is 0.456 e. The number of hydrogen-bond acceptors (Lipinski definition) is 3. The normalized spacial score (nSPS) is 11.7. The molecule has 9 rings (SSSR count). The summed E-state index contributed by atoms with van der Waals surface area (Å²) in [4.78, 5) is 9.42. The van der Waals surface area contributed by atoms with Crippen molar-refractivity contribution >= 4 is 54.5 Å². The summed E-state index contributed by atoms with van der Waals surface area (Å²) in [5.41, 5.74) is 10.7. The molecule has 0 unspecified atom stereocenters. The van der Waals surface area contributed by atoms with Gasteiger partial charge >= 0.3 is 0 Å². The number of aromatic nitrogens is 2. The molecule has 9 aromatic rings. The van der Waals surface area contributed by atoms with Crippen molar-refractivity contribution in [2.24, 2.45) is 0 Å². The SMILES string of the molecule is c1ccc(-c2ccc3oc4ccc(-c5ccccc5-c5ccc6c(c5)c5ccccc5c5nccnc65)cc4c3c2)cc1. The van der Waals surface area contributed by atoms with Crippen molar-refractivity contribution in [1.29, 1.82) is 0 Å². The van der Waals surface area contributed by atoms with Crippen LogP contribution in [0, 0.1) is 0 Å². The molecule has 0 amide bonds. The maximum Gasteiger partial charge on any atom is 0.135 e. The lowest BCUT2D eigenvalue weighted by atomic mass is 9.91. The van der Waals surface area contributed by atoms with E-state index in [4.69, 9.17) is 9.40 Å². The molecule has 0 spiro atoms. The van der Waals surface area contributed by atoms with Gasteiger partial charge in [0.15, 0.2) is 0 Å². The Labute approximate surface area is 247 Å². The molecular weight excluding hydrogens is 524 g/mol. The number of benzene rings is 7. The lowest BCUT2D eigenvalue weighted by Crippen LogP contribution is -1.90. The Morgan fingerprint density at radius 3 is 1.56 bits per heavy atom. The highest BCUT2D eigenvalue weighted by molar-refractivity contribution is 6.23. The first-order chi connectivity index (χ1) is 21.3. The van der Waals surface area contributed by atoms with Gasteiger partial charge in [0.05, 0.1) is 11.0 Å². The number of hydrogen-bond donors (Lipinski definition) is 0. The van der Waals surface area contributed by atoms with E-state index in [0.29, 0.717) is 0 Å². The smallest absolute Gasteiger partial charge is 0.135 e. The lowest BCUT2D eigenvalue weighted by Gasteiger charge is -2.13. The van der Waals surface area contributed by atoms with Crippen LogP contribution in [0.3, 0.4) is 0 Å². The quantitative estimate of drug-likeness (QED) is 0.206. The Hall–Kier alpha value is -5.80. The molecule has 0 aliphatic rings. The second kappa shape index (κ2) is 9.37. The molecular formula is C40H24N2O. The van der Waals surface area contributed by atoms with Crippen LogP contribution in [0.15, 0.2) is 150 Å². The summed E-state index contributed by atoms with van der Waals surface area (Å²) in [6, 6.07) is 47.4. The molecule has 0 fully saturated rings. The fraction of sp³-hybridized carbons (Fsp3) is 0. The predicted molar refractivity (Wildman–Crippen MR) is 178 cm³/mol. The number of furan rings is 1. The average Bonchev–Trinajstić information content (AvgIpc) is 3.46. The molecule has 0 N–H and O–H groups in total. The second-order valence-corrected chi connectivity index (χ2v) is 11.0. The molecule has 0 saturated heterocycles. The van der Waals surface area contributed by atoms with Gasteiger partial charge in [0, 0.05) is 33.9 Å². The van der Waals surface area contributed by atoms with E-state index in [1.807, 2.05) is 6.07 Å². The van der Waals surface area contributed by atoms with E-state index < -0.39 is 0 Å². The Bertz CT molecular complexity index is 2470. The summed E-state index contributed by atoms with van der Waals surface area (Å²) in [6.45, 7) is 0. The zero-order valence-corrected chi connectivity index (χ0v) is 23.2. The first-order valence-corrected chi connectivity index (χ1v) is 14.5. The van der Waals surface area contributed by atoms with Gasteiger partial charge in [0.1, 0.15) is 11.2 Å². The van der Waals surface area contributed by atoms with Crippen LogP contribution in [-0.4, -0.2) is 9.97 Å². The maximum absolute atomic E-state index is 6.26. The van der Waals surface area contributed by atoms with Crippen LogP contribution in [0.2, 0.25) is 0 Å². The van der Waals surface area contributed by atoms with E-state index in [1.54, 1.807) is 12.4 Å². The van der Waals surface area contributed by atoms with Gasteiger partial charge in [-0.3, -0.25) is 9.97 Å². The number of fused-ring (bicyclic) bond motifs is 9. The molecule has 2 aromatic heterocycles. The third-order valence-electron chi connectivity index (χ3n) is 8.57. The molecule has 43 heavy (non-hydrogen) atoms. The summed E-state index contributed by atoms with van der Waals surface area (Å²) < 4.78 is 6.26. The van der Waals surface area contributed by atoms with Crippen molar-refractivity contribution in [1.82, 2.24) is 9.97 Å². The van der Waals surface area contributed by atoms with Crippen molar-refractivity contribution in [3.63, 3.8) is 0 Å². The fourth-order valence-corrected chi connectivity index (χ4v) is 6.54. The highest BCUT2D eigenvalue weighted by Crippen LogP contribution is 2.40. The van der Waals surface area contributed by atoms with E-state index in [2.05, 4.69) is 132 Å². The molecule has 0 atom stereocenters. The van der Waals surface area contributed by atoms with Crippen LogP contribution in [0.25, 0.3) is 87.9 Å². The van der Waals surface area contributed by atoms with E-state index in [1.165, 1.54) is 38.6 Å². The zero-order chi connectivity index (χ0) is 28.3. The Morgan fingerprint density at radius 1 is 0.349 bits per heavy atom. The summed E-state index contributed by atoms with van der Waals surface area (Å²) in [7, 11) is 0. The van der Waals surface area contributed by atoms with Crippen LogP contribution < -0.4 is 0 Å². The molecule has 3 nitrogen and oxygen atoms in total. The van der Waals surface area contributed by atoms with Crippen molar-refractivity contribution in [2.45, 2.75) is 0 Å². The molecule has 0 bridgehead atoms. The number of rotatable bonds is 3. The van der Waals surface area contributed by atoms with Crippen molar-refractivity contribution in [2.75, 3.05) is 0 Å². The minimum atomic E-state index is 0.895. The topological polar surface area (TPSA) is 38.9 Å². The van der Waals surface area contributed by atoms with Gasteiger partial charge < -0.3 is 4.42 Å². The van der Waals surface area contributed by atoms with Crippen molar-refractivity contribution in [3.8, 4) is 33.4 Å². The highest BCUT2D eigenvalue weighted by atomic mass is 16.3. The van der Waals surface area contributed by atoms with E-state index in [-0.39, 0.29) is 0 Å². The third kappa shape index (κ3) is 3.75. The van der Waals surface area contributed by atoms with Crippen LogP contribution in [-0.2, 0) is 0 Å². The van der Waals surface area contributed by atoms with Gasteiger partial charge in [0.25, 0.3) is 0 Å². The minimum absolute atomic E-state index is 0.895. The summed E-state index contributed by atoms with van der Waals surface area (Å²) in [5.74, 6) is 0. The van der Waals surface area contributed by atoms with Crippen molar-refractivity contribution < 1.29 is 4.42 Å². The van der Waals surface area contributed by atoms with E-state index in [9.17, 15) is 0 Å². The predicted octanol–water partition coefficient (Wildman–Crippen LogP) is 10.8. The zero-order valence-electron chi connectivity index (χ0n) is 23.2. The summed E-state index contributed by atoms with van der Waals surface area (Å²) in [6.07, 6.45) is 3.55. The standard InChI is InChI=1S/C40H24N2O/c1-2-8-25(9-3-1)26-15-18-37-35(22-26)36-24-28(16-19-38(36)43-37)30-11-5-4-10-29(30)27-14-17-33-34(23-27)31-12-6-7-13-32(31)39-40(33)42-21-20-41-39/h1-24H. The van der Waals surface area contributed by atoms with E-state index in [0.717, 1.165) is 49.3 Å². The first-order valence-electron chi connectivity index (χ1n) is 14.5. The van der Waals surface area contributed by atoms with Crippen LogP contribution in [0.4, 0.5) is 0 Å². The van der Waals surface area contributed by atoms with Gasteiger partial charge in [-0.2, -0.15) is 0 Å². The van der Waals surface area contributed by atoms with Gasteiger partial charge in [0.2, 0.25) is 0 Å². The molecule has 0 radical (unpaired) electrons. The molecule has 7 aromatic carbocycles. The van der Waals surface area contributed by atoms with Crippen LogP contribution in [0.1, 0.15) is 0 Å². The van der Waals surface area contributed by atoms with Crippen LogP contribution >= 0.6 is 0 Å².